The number of halogens is 2. The summed E-state index contributed by atoms with van der Waals surface area (Å²) in [7, 11) is 0. The molecule has 2 rings (SSSR count). The second kappa shape index (κ2) is 7.48. The van der Waals surface area contributed by atoms with Gasteiger partial charge in [0.25, 0.3) is 5.91 Å². The first-order valence-corrected chi connectivity index (χ1v) is 7.72. The molecule has 0 atom stereocenters. The molecule has 0 spiro atoms. The lowest BCUT2D eigenvalue weighted by molar-refractivity contribution is -0.118. The molecule has 2 aromatic rings. The number of carbonyl (C=O) groups is 1. The first kappa shape index (κ1) is 15.9. The Bertz CT molecular complexity index is 646. The SMILES string of the molecule is CCc1ccc(OCC(=O)Nc2cccc(Cl)c2)c(Br)c1. The zero-order chi connectivity index (χ0) is 15.2. The van der Waals surface area contributed by atoms with Crippen LogP contribution < -0.4 is 10.1 Å². The van der Waals surface area contributed by atoms with Crippen LogP contribution in [0.25, 0.3) is 0 Å². The molecular formula is C16H15BrClNO2. The van der Waals surface area contributed by atoms with E-state index in [-0.39, 0.29) is 12.5 Å². The highest BCUT2D eigenvalue weighted by atomic mass is 79.9. The van der Waals surface area contributed by atoms with Crippen LogP contribution in [0.4, 0.5) is 5.69 Å². The summed E-state index contributed by atoms with van der Waals surface area (Å²) in [4.78, 5) is 11.8. The van der Waals surface area contributed by atoms with Gasteiger partial charge in [-0.25, -0.2) is 0 Å². The number of benzene rings is 2. The van der Waals surface area contributed by atoms with E-state index >= 15 is 0 Å². The normalized spacial score (nSPS) is 10.2. The second-order valence-electron chi connectivity index (χ2n) is 4.47. The first-order chi connectivity index (χ1) is 10.1. The van der Waals surface area contributed by atoms with Crippen molar-refractivity contribution in [2.75, 3.05) is 11.9 Å². The smallest absolute Gasteiger partial charge is 0.262 e. The third-order valence-electron chi connectivity index (χ3n) is 2.87. The zero-order valence-electron chi connectivity index (χ0n) is 11.5. The van der Waals surface area contributed by atoms with E-state index in [4.69, 9.17) is 16.3 Å². The topological polar surface area (TPSA) is 38.3 Å². The molecule has 0 heterocycles. The fourth-order valence-corrected chi connectivity index (χ4v) is 2.52. The third kappa shape index (κ3) is 4.76. The maximum absolute atomic E-state index is 11.8. The van der Waals surface area contributed by atoms with Crippen LogP contribution in [-0.4, -0.2) is 12.5 Å². The fraction of sp³-hybridized carbons (Fsp3) is 0.188. The van der Waals surface area contributed by atoms with Gasteiger partial charge >= 0.3 is 0 Å². The van der Waals surface area contributed by atoms with Crippen molar-refractivity contribution >= 4 is 39.1 Å². The predicted molar refractivity (Wildman–Crippen MR) is 89.1 cm³/mol. The van der Waals surface area contributed by atoms with Crippen molar-refractivity contribution in [1.82, 2.24) is 0 Å². The Hall–Kier alpha value is -1.52. The van der Waals surface area contributed by atoms with Gasteiger partial charge in [-0.2, -0.15) is 0 Å². The predicted octanol–water partition coefficient (Wildman–Crippen LogP) is 4.68. The minimum absolute atomic E-state index is 0.0589. The summed E-state index contributed by atoms with van der Waals surface area (Å²) in [6.07, 6.45) is 0.953. The van der Waals surface area contributed by atoms with Gasteiger partial charge in [-0.05, 0) is 58.2 Å². The Labute approximate surface area is 137 Å². The van der Waals surface area contributed by atoms with Crippen LogP contribution in [0, 0.1) is 0 Å². The van der Waals surface area contributed by atoms with Crippen molar-refractivity contribution in [2.45, 2.75) is 13.3 Å². The molecule has 3 nitrogen and oxygen atoms in total. The molecule has 0 saturated carbocycles. The van der Waals surface area contributed by atoms with Gasteiger partial charge in [0.1, 0.15) is 5.75 Å². The number of anilines is 1. The fourth-order valence-electron chi connectivity index (χ4n) is 1.79. The van der Waals surface area contributed by atoms with Gasteiger partial charge in [0, 0.05) is 10.7 Å². The maximum Gasteiger partial charge on any atom is 0.262 e. The molecule has 0 aliphatic carbocycles. The summed E-state index contributed by atoms with van der Waals surface area (Å²) < 4.78 is 6.35. The molecule has 0 aliphatic heterocycles. The van der Waals surface area contributed by atoms with Crippen molar-refractivity contribution in [1.29, 1.82) is 0 Å². The Kier molecular flexibility index (Phi) is 5.65. The summed E-state index contributed by atoms with van der Waals surface area (Å²) in [6.45, 7) is 2.03. The Morgan fingerprint density at radius 2 is 2.10 bits per heavy atom. The number of hydrogen-bond acceptors (Lipinski definition) is 2. The van der Waals surface area contributed by atoms with E-state index < -0.39 is 0 Å². The Morgan fingerprint density at radius 3 is 2.76 bits per heavy atom. The van der Waals surface area contributed by atoms with Crippen molar-refractivity contribution in [3.05, 3.63) is 57.5 Å². The van der Waals surface area contributed by atoms with Gasteiger partial charge < -0.3 is 10.1 Å². The molecule has 0 bridgehead atoms. The van der Waals surface area contributed by atoms with Gasteiger partial charge in [-0.1, -0.05) is 30.7 Å². The van der Waals surface area contributed by atoms with E-state index in [9.17, 15) is 4.79 Å². The first-order valence-electron chi connectivity index (χ1n) is 6.55. The number of nitrogens with one attached hydrogen (secondary N) is 1. The molecule has 1 amide bonds. The molecule has 110 valence electrons. The minimum atomic E-state index is -0.233. The van der Waals surface area contributed by atoms with E-state index in [1.54, 1.807) is 24.3 Å². The van der Waals surface area contributed by atoms with Crippen LogP contribution in [0.1, 0.15) is 12.5 Å². The second-order valence-corrected chi connectivity index (χ2v) is 5.76. The monoisotopic (exact) mass is 367 g/mol. The lowest BCUT2D eigenvalue weighted by atomic mass is 10.2. The van der Waals surface area contributed by atoms with Gasteiger partial charge in [0.2, 0.25) is 0 Å². The molecular weight excluding hydrogens is 354 g/mol. The average Bonchev–Trinajstić information content (AvgIpc) is 2.46. The summed E-state index contributed by atoms with van der Waals surface area (Å²) in [5.74, 6) is 0.414. The maximum atomic E-state index is 11.8. The van der Waals surface area contributed by atoms with Gasteiger partial charge in [-0.15, -0.1) is 0 Å². The molecule has 5 heteroatoms. The highest BCUT2D eigenvalue weighted by Gasteiger charge is 2.07. The lowest BCUT2D eigenvalue weighted by Crippen LogP contribution is -2.20. The minimum Gasteiger partial charge on any atom is -0.483 e. The summed E-state index contributed by atoms with van der Waals surface area (Å²) >= 11 is 9.30. The summed E-state index contributed by atoms with van der Waals surface area (Å²) in [6, 6.07) is 12.8. The molecule has 0 unspecified atom stereocenters. The van der Waals surface area contributed by atoms with Crippen LogP contribution in [0.5, 0.6) is 5.75 Å². The van der Waals surface area contributed by atoms with Crippen LogP contribution >= 0.6 is 27.5 Å². The highest BCUT2D eigenvalue weighted by molar-refractivity contribution is 9.10. The number of hydrogen-bond donors (Lipinski definition) is 1. The molecule has 0 radical (unpaired) electrons. The van der Waals surface area contributed by atoms with Crippen LogP contribution in [0.2, 0.25) is 5.02 Å². The average molecular weight is 369 g/mol. The van der Waals surface area contributed by atoms with E-state index in [0.717, 1.165) is 10.9 Å². The van der Waals surface area contributed by atoms with E-state index in [1.165, 1.54) is 5.56 Å². The third-order valence-corrected chi connectivity index (χ3v) is 3.73. The van der Waals surface area contributed by atoms with Gasteiger partial charge in [0.05, 0.1) is 4.47 Å². The molecule has 0 aromatic heterocycles. The summed E-state index contributed by atoms with van der Waals surface area (Å²) in [5, 5.41) is 3.31. The van der Waals surface area contributed by atoms with Crippen molar-refractivity contribution in [3.8, 4) is 5.75 Å². The van der Waals surface area contributed by atoms with Crippen molar-refractivity contribution in [3.63, 3.8) is 0 Å². The molecule has 0 fully saturated rings. The zero-order valence-corrected chi connectivity index (χ0v) is 13.9. The van der Waals surface area contributed by atoms with Crippen molar-refractivity contribution in [2.24, 2.45) is 0 Å². The molecule has 0 saturated heterocycles. The van der Waals surface area contributed by atoms with Crippen LogP contribution in [0.15, 0.2) is 46.9 Å². The van der Waals surface area contributed by atoms with E-state index in [2.05, 4.69) is 28.2 Å². The van der Waals surface area contributed by atoms with E-state index in [1.807, 2.05) is 18.2 Å². The van der Waals surface area contributed by atoms with Gasteiger partial charge in [-0.3, -0.25) is 4.79 Å². The number of amides is 1. The highest BCUT2D eigenvalue weighted by Crippen LogP contribution is 2.26. The van der Waals surface area contributed by atoms with Crippen LogP contribution in [0.3, 0.4) is 0 Å². The quantitative estimate of drug-likeness (QED) is 0.832. The largest absolute Gasteiger partial charge is 0.483 e. The summed E-state index contributed by atoms with van der Waals surface area (Å²) in [5.41, 5.74) is 1.86. The lowest BCUT2D eigenvalue weighted by Gasteiger charge is -2.10. The van der Waals surface area contributed by atoms with Crippen molar-refractivity contribution < 1.29 is 9.53 Å². The van der Waals surface area contributed by atoms with Crippen LogP contribution in [-0.2, 0) is 11.2 Å². The van der Waals surface area contributed by atoms with Gasteiger partial charge in [0.15, 0.2) is 6.61 Å². The Balaban J connectivity index is 1.92. The number of carbonyl (C=O) groups excluding carboxylic acids is 1. The number of ether oxygens (including phenoxy) is 1. The standard InChI is InChI=1S/C16H15BrClNO2/c1-2-11-6-7-15(14(17)8-11)21-10-16(20)19-13-5-3-4-12(18)9-13/h3-9H,2,10H2,1H3,(H,19,20). The molecule has 0 aliphatic rings. The number of rotatable bonds is 5. The molecule has 1 N–H and O–H groups in total. The molecule has 21 heavy (non-hydrogen) atoms. The Morgan fingerprint density at radius 1 is 1.29 bits per heavy atom. The molecule has 2 aromatic carbocycles. The number of aryl methyl sites for hydroxylation is 1. The van der Waals surface area contributed by atoms with E-state index in [0.29, 0.717) is 16.5 Å².